The van der Waals surface area contributed by atoms with Gasteiger partial charge in [-0.2, -0.15) is 0 Å². The van der Waals surface area contributed by atoms with E-state index in [4.69, 9.17) is 0 Å². The zero-order chi connectivity index (χ0) is 11.5. The van der Waals surface area contributed by atoms with Crippen LogP contribution in [-0.4, -0.2) is 31.2 Å². The summed E-state index contributed by atoms with van der Waals surface area (Å²) in [5.74, 6) is 1.51. The molecule has 0 radical (unpaired) electrons. The van der Waals surface area contributed by atoms with Crippen LogP contribution < -0.4 is 0 Å². The monoisotopic (exact) mass is 215 g/mol. The van der Waals surface area contributed by atoms with Crippen LogP contribution in [0.4, 0.5) is 4.39 Å². The topological polar surface area (TPSA) is 3.24 Å². The molecular weight excluding hydrogens is 189 g/mol. The van der Waals surface area contributed by atoms with E-state index in [-0.39, 0.29) is 6.67 Å². The summed E-state index contributed by atoms with van der Waals surface area (Å²) >= 11 is 0. The lowest BCUT2D eigenvalue weighted by Crippen LogP contribution is -2.47. The number of nitrogens with zero attached hydrogens (tertiary/aromatic N) is 1. The Hall–Kier alpha value is -0.110. The molecule has 0 aromatic heterocycles. The Labute approximate surface area is 94.0 Å². The molecule has 0 aromatic rings. The lowest BCUT2D eigenvalue weighted by atomic mass is 9.69. The van der Waals surface area contributed by atoms with Gasteiger partial charge in [-0.15, -0.1) is 0 Å². The summed E-state index contributed by atoms with van der Waals surface area (Å²) < 4.78 is 12.3. The van der Waals surface area contributed by atoms with E-state index >= 15 is 0 Å². The van der Waals surface area contributed by atoms with Gasteiger partial charge >= 0.3 is 0 Å². The van der Waals surface area contributed by atoms with Crippen LogP contribution in [0.25, 0.3) is 0 Å². The second kappa shape index (κ2) is 5.29. The Balaban J connectivity index is 2.58. The normalized spacial score (nSPS) is 33.6. The highest BCUT2D eigenvalue weighted by Crippen LogP contribution is 2.40. The highest BCUT2D eigenvalue weighted by molar-refractivity contribution is 4.88. The SMILES string of the molecule is CC(C)C[C@]1(C)CN(CCF)CC[C@@H]1C. The third-order valence-corrected chi connectivity index (χ3v) is 3.93. The highest BCUT2D eigenvalue weighted by Gasteiger charge is 2.36. The van der Waals surface area contributed by atoms with Crippen molar-refractivity contribution in [2.45, 2.75) is 40.5 Å². The fourth-order valence-corrected chi connectivity index (χ4v) is 2.98. The Morgan fingerprint density at radius 3 is 2.67 bits per heavy atom. The molecule has 1 heterocycles. The molecule has 2 atom stereocenters. The Kier molecular flexibility index (Phi) is 4.57. The van der Waals surface area contributed by atoms with Crippen molar-refractivity contribution >= 4 is 0 Å². The van der Waals surface area contributed by atoms with Gasteiger partial charge in [-0.25, -0.2) is 4.39 Å². The van der Waals surface area contributed by atoms with E-state index in [9.17, 15) is 4.39 Å². The summed E-state index contributed by atoms with van der Waals surface area (Å²) in [6.07, 6.45) is 2.49. The van der Waals surface area contributed by atoms with Crippen molar-refractivity contribution in [1.82, 2.24) is 4.90 Å². The Bertz CT molecular complexity index is 193. The molecule has 15 heavy (non-hydrogen) atoms. The third kappa shape index (κ3) is 3.44. The van der Waals surface area contributed by atoms with Gasteiger partial charge in [-0.1, -0.05) is 27.7 Å². The number of hydrogen-bond acceptors (Lipinski definition) is 1. The molecule has 90 valence electrons. The van der Waals surface area contributed by atoms with E-state index in [1.165, 1.54) is 12.8 Å². The van der Waals surface area contributed by atoms with Gasteiger partial charge in [0.25, 0.3) is 0 Å². The van der Waals surface area contributed by atoms with Crippen LogP contribution in [0.15, 0.2) is 0 Å². The van der Waals surface area contributed by atoms with Crippen molar-refractivity contribution in [2.75, 3.05) is 26.3 Å². The van der Waals surface area contributed by atoms with Crippen molar-refractivity contribution in [3.63, 3.8) is 0 Å². The summed E-state index contributed by atoms with van der Waals surface area (Å²) in [7, 11) is 0. The van der Waals surface area contributed by atoms with Gasteiger partial charge in [-0.3, -0.25) is 0 Å². The van der Waals surface area contributed by atoms with Crippen LogP contribution in [-0.2, 0) is 0 Å². The maximum atomic E-state index is 12.3. The molecule has 0 N–H and O–H groups in total. The van der Waals surface area contributed by atoms with Crippen LogP contribution in [0.3, 0.4) is 0 Å². The van der Waals surface area contributed by atoms with Crippen molar-refractivity contribution in [1.29, 1.82) is 0 Å². The predicted octanol–water partition coefficient (Wildman–Crippen LogP) is 3.35. The quantitative estimate of drug-likeness (QED) is 0.695. The average Bonchev–Trinajstić information content (AvgIpc) is 2.10. The molecule has 0 saturated carbocycles. The molecule has 0 unspecified atom stereocenters. The molecule has 1 aliphatic heterocycles. The first-order valence-corrected chi connectivity index (χ1v) is 6.26. The fraction of sp³-hybridized carbons (Fsp3) is 1.00. The molecule has 2 heteroatoms. The largest absolute Gasteiger partial charge is 0.300 e. The van der Waals surface area contributed by atoms with Crippen molar-refractivity contribution in [2.24, 2.45) is 17.3 Å². The minimum atomic E-state index is -0.202. The van der Waals surface area contributed by atoms with Gasteiger partial charge in [0.1, 0.15) is 6.67 Å². The van der Waals surface area contributed by atoms with Gasteiger partial charge in [-0.05, 0) is 36.6 Å². The molecule has 1 rings (SSSR count). The van der Waals surface area contributed by atoms with Crippen LogP contribution >= 0.6 is 0 Å². The molecule has 0 aliphatic carbocycles. The van der Waals surface area contributed by atoms with Gasteiger partial charge in [0.2, 0.25) is 0 Å². The summed E-state index contributed by atoms with van der Waals surface area (Å²) in [6, 6.07) is 0. The average molecular weight is 215 g/mol. The lowest BCUT2D eigenvalue weighted by Gasteiger charge is -2.46. The predicted molar refractivity (Wildman–Crippen MR) is 63.8 cm³/mol. The molecule has 0 aromatic carbocycles. The van der Waals surface area contributed by atoms with Crippen LogP contribution in [0, 0.1) is 17.3 Å². The first kappa shape index (κ1) is 13.0. The second-order valence-corrected chi connectivity index (χ2v) is 5.91. The van der Waals surface area contributed by atoms with Crippen molar-refractivity contribution in [3.8, 4) is 0 Å². The van der Waals surface area contributed by atoms with E-state index in [2.05, 4.69) is 32.6 Å². The molecular formula is C13H26FN. The standard InChI is InChI=1S/C13H26FN/c1-11(2)9-13(4)10-15(8-6-14)7-5-12(13)3/h11-12H,5-10H2,1-4H3/t12-,13+/m0/s1. The number of alkyl halides is 1. The molecule has 0 amide bonds. The van der Waals surface area contributed by atoms with E-state index < -0.39 is 0 Å². The van der Waals surface area contributed by atoms with Gasteiger partial charge in [0, 0.05) is 13.1 Å². The Morgan fingerprint density at radius 1 is 1.47 bits per heavy atom. The second-order valence-electron chi connectivity index (χ2n) is 5.91. The smallest absolute Gasteiger partial charge is 0.102 e. The van der Waals surface area contributed by atoms with E-state index in [0.717, 1.165) is 24.9 Å². The fourth-order valence-electron chi connectivity index (χ4n) is 2.98. The first-order chi connectivity index (χ1) is 6.98. The summed E-state index contributed by atoms with van der Waals surface area (Å²) in [4.78, 5) is 2.29. The summed E-state index contributed by atoms with van der Waals surface area (Å²) in [5, 5.41) is 0. The Morgan fingerprint density at radius 2 is 2.13 bits per heavy atom. The molecule has 0 bridgehead atoms. The van der Waals surface area contributed by atoms with Gasteiger partial charge in [0.05, 0.1) is 0 Å². The van der Waals surface area contributed by atoms with Gasteiger partial charge < -0.3 is 4.90 Å². The summed E-state index contributed by atoms with van der Waals surface area (Å²) in [5.41, 5.74) is 0.390. The molecule has 1 fully saturated rings. The van der Waals surface area contributed by atoms with Crippen LogP contribution in [0.1, 0.15) is 40.5 Å². The lowest BCUT2D eigenvalue weighted by molar-refractivity contribution is 0.0302. The third-order valence-electron chi connectivity index (χ3n) is 3.93. The maximum Gasteiger partial charge on any atom is 0.102 e. The van der Waals surface area contributed by atoms with Crippen molar-refractivity contribution < 1.29 is 4.39 Å². The zero-order valence-electron chi connectivity index (χ0n) is 10.7. The minimum Gasteiger partial charge on any atom is -0.300 e. The molecule has 1 saturated heterocycles. The number of likely N-dealkylation sites (tertiary alicyclic amines) is 1. The molecule has 1 aliphatic rings. The van der Waals surface area contributed by atoms with Gasteiger partial charge in [0.15, 0.2) is 0 Å². The van der Waals surface area contributed by atoms with Crippen molar-refractivity contribution in [3.05, 3.63) is 0 Å². The highest BCUT2D eigenvalue weighted by atomic mass is 19.1. The summed E-state index contributed by atoms with van der Waals surface area (Å²) in [6.45, 7) is 11.9. The number of rotatable bonds is 4. The van der Waals surface area contributed by atoms with Crippen LogP contribution in [0.5, 0.6) is 0 Å². The zero-order valence-corrected chi connectivity index (χ0v) is 10.7. The number of piperidine rings is 1. The minimum absolute atomic E-state index is 0.202. The number of halogens is 1. The van der Waals surface area contributed by atoms with Crippen LogP contribution in [0.2, 0.25) is 0 Å². The van der Waals surface area contributed by atoms with E-state index in [0.29, 0.717) is 12.0 Å². The number of hydrogen-bond donors (Lipinski definition) is 0. The van der Waals surface area contributed by atoms with E-state index in [1.54, 1.807) is 0 Å². The molecule has 1 nitrogen and oxygen atoms in total. The molecule has 0 spiro atoms. The first-order valence-electron chi connectivity index (χ1n) is 6.26. The maximum absolute atomic E-state index is 12.3. The van der Waals surface area contributed by atoms with E-state index in [1.807, 2.05) is 0 Å².